The van der Waals surface area contributed by atoms with E-state index in [1.165, 1.54) is 9.21 Å². The van der Waals surface area contributed by atoms with Crippen molar-refractivity contribution in [2.75, 3.05) is 17.1 Å². The first-order chi connectivity index (χ1) is 20.3. The Balaban J connectivity index is 1.95. The Hall–Kier alpha value is -2.78. The zero-order valence-corrected chi connectivity index (χ0v) is 27.9. The van der Waals surface area contributed by atoms with E-state index in [-0.39, 0.29) is 50.2 Å². The van der Waals surface area contributed by atoms with Crippen molar-refractivity contribution >= 4 is 62.3 Å². The van der Waals surface area contributed by atoms with Gasteiger partial charge in [-0.3, -0.25) is 13.9 Å². The molecule has 232 valence electrons. The van der Waals surface area contributed by atoms with Crippen LogP contribution in [0.25, 0.3) is 0 Å². The summed E-state index contributed by atoms with van der Waals surface area (Å²) in [5.74, 6) is -0.616. The number of sulfonamides is 1. The zero-order chi connectivity index (χ0) is 31.7. The Morgan fingerprint density at radius 3 is 2.12 bits per heavy atom. The van der Waals surface area contributed by atoms with Gasteiger partial charge in [0.15, 0.2) is 0 Å². The highest BCUT2D eigenvalue weighted by atomic mass is 35.5. The molecule has 0 aliphatic heterocycles. The molecule has 2 amide bonds. The number of hydrogen-bond acceptors (Lipinski definition) is 4. The van der Waals surface area contributed by atoms with E-state index in [9.17, 15) is 18.0 Å². The minimum absolute atomic E-state index is 0.00591. The molecule has 0 fully saturated rings. The molecule has 0 heterocycles. The topological polar surface area (TPSA) is 86.8 Å². The molecular weight excluding hydrogens is 629 g/mol. The molecule has 0 radical (unpaired) electrons. The van der Waals surface area contributed by atoms with Gasteiger partial charge in [0.2, 0.25) is 21.8 Å². The van der Waals surface area contributed by atoms with E-state index in [2.05, 4.69) is 5.32 Å². The van der Waals surface area contributed by atoms with Crippen LogP contribution in [0.2, 0.25) is 15.1 Å². The third kappa shape index (κ3) is 9.60. The predicted molar refractivity (Wildman–Crippen MR) is 176 cm³/mol. The summed E-state index contributed by atoms with van der Waals surface area (Å²) in [7, 11) is -3.67. The molecule has 0 aliphatic rings. The van der Waals surface area contributed by atoms with Crippen molar-refractivity contribution in [1.82, 2.24) is 10.2 Å². The second kappa shape index (κ2) is 15.8. The molecule has 43 heavy (non-hydrogen) atoms. The number of anilines is 1. The molecule has 0 bridgehead atoms. The lowest BCUT2D eigenvalue weighted by Crippen LogP contribution is -2.52. The van der Waals surface area contributed by atoms with Gasteiger partial charge in [-0.25, -0.2) is 8.42 Å². The fraction of sp³-hybridized carbons (Fsp3) is 0.375. The van der Waals surface area contributed by atoms with Gasteiger partial charge in [0.1, 0.15) is 6.04 Å². The molecule has 0 spiro atoms. The summed E-state index contributed by atoms with van der Waals surface area (Å²) in [4.78, 5) is 29.2. The summed E-state index contributed by atoms with van der Waals surface area (Å²) in [6.45, 7) is 5.69. The van der Waals surface area contributed by atoms with Crippen molar-refractivity contribution in [1.29, 1.82) is 0 Å². The summed E-state index contributed by atoms with van der Waals surface area (Å²) in [5.41, 5.74) is 2.49. The van der Waals surface area contributed by atoms with Crippen molar-refractivity contribution in [3.63, 3.8) is 0 Å². The van der Waals surface area contributed by atoms with Gasteiger partial charge in [-0.1, -0.05) is 84.2 Å². The van der Waals surface area contributed by atoms with Crippen LogP contribution in [0, 0.1) is 6.92 Å². The van der Waals surface area contributed by atoms with E-state index in [0.717, 1.165) is 18.2 Å². The fourth-order valence-electron chi connectivity index (χ4n) is 4.70. The summed E-state index contributed by atoms with van der Waals surface area (Å²) in [6.07, 6.45) is 2.30. The predicted octanol–water partition coefficient (Wildman–Crippen LogP) is 7.06. The van der Waals surface area contributed by atoms with Crippen LogP contribution in [-0.4, -0.2) is 50.0 Å². The number of carbonyl (C=O) groups excluding carboxylic acids is 2. The van der Waals surface area contributed by atoms with Gasteiger partial charge in [0.25, 0.3) is 0 Å². The van der Waals surface area contributed by atoms with Gasteiger partial charge in [-0.15, -0.1) is 0 Å². The van der Waals surface area contributed by atoms with Gasteiger partial charge in [-0.05, 0) is 62.1 Å². The molecule has 0 aromatic heterocycles. The quantitative estimate of drug-likeness (QED) is 0.200. The molecule has 0 saturated heterocycles. The second-order valence-corrected chi connectivity index (χ2v) is 13.7. The van der Waals surface area contributed by atoms with Crippen LogP contribution in [0.4, 0.5) is 5.69 Å². The molecule has 1 N–H and O–H groups in total. The Labute approximate surface area is 270 Å². The number of nitrogens with one attached hydrogen (secondary N) is 1. The van der Waals surface area contributed by atoms with Crippen LogP contribution >= 0.6 is 34.8 Å². The highest BCUT2D eigenvalue weighted by Crippen LogP contribution is 2.30. The normalized spacial score (nSPS) is 12.8. The summed E-state index contributed by atoms with van der Waals surface area (Å²) >= 11 is 19.3. The molecule has 3 aromatic rings. The van der Waals surface area contributed by atoms with Gasteiger partial charge in [0, 0.05) is 52.6 Å². The fourth-order valence-corrected chi connectivity index (χ4v) is 6.40. The number of nitrogens with zero attached hydrogens (tertiary/aromatic N) is 2. The Morgan fingerprint density at radius 2 is 1.51 bits per heavy atom. The number of carbonyl (C=O) groups is 2. The Morgan fingerprint density at radius 1 is 0.907 bits per heavy atom. The maximum Gasteiger partial charge on any atom is 0.243 e. The average molecular weight is 667 g/mol. The van der Waals surface area contributed by atoms with E-state index in [1.807, 2.05) is 44.2 Å². The van der Waals surface area contributed by atoms with Crippen molar-refractivity contribution in [2.45, 2.75) is 65.1 Å². The molecular formula is C32H38Cl3N3O4S. The zero-order valence-electron chi connectivity index (χ0n) is 24.8. The molecule has 3 aromatic carbocycles. The minimum Gasteiger partial charge on any atom is -0.352 e. The number of benzene rings is 3. The first-order valence-corrected chi connectivity index (χ1v) is 17.1. The lowest BCUT2D eigenvalue weighted by Gasteiger charge is -2.33. The first-order valence-electron chi connectivity index (χ1n) is 14.1. The summed E-state index contributed by atoms with van der Waals surface area (Å²) in [5, 5.41) is 4.23. The van der Waals surface area contributed by atoms with Crippen molar-refractivity contribution < 1.29 is 18.0 Å². The van der Waals surface area contributed by atoms with Crippen molar-refractivity contribution in [2.24, 2.45) is 0 Å². The van der Waals surface area contributed by atoms with Gasteiger partial charge >= 0.3 is 0 Å². The van der Waals surface area contributed by atoms with E-state index in [4.69, 9.17) is 34.8 Å². The maximum absolute atomic E-state index is 14.0. The highest BCUT2D eigenvalue weighted by molar-refractivity contribution is 7.92. The molecule has 0 aliphatic carbocycles. The Kier molecular flexibility index (Phi) is 12.8. The molecule has 3 rings (SSSR count). The van der Waals surface area contributed by atoms with Crippen LogP contribution < -0.4 is 9.62 Å². The monoisotopic (exact) mass is 665 g/mol. The van der Waals surface area contributed by atoms with Gasteiger partial charge in [-0.2, -0.15) is 0 Å². The van der Waals surface area contributed by atoms with Crippen LogP contribution in [0.5, 0.6) is 0 Å². The molecule has 0 saturated carbocycles. The third-order valence-corrected chi connectivity index (χ3v) is 9.62. The lowest BCUT2D eigenvalue weighted by molar-refractivity contribution is -0.141. The Bertz CT molecular complexity index is 1500. The van der Waals surface area contributed by atoms with Crippen LogP contribution in [-0.2, 0) is 32.6 Å². The van der Waals surface area contributed by atoms with E-state index >= 15 is 0 Å². The number of amides is 2. The van der Waals surface area contributed by atoms with E-state index in [0.29, 0.717) is 31.9 Å². The third-order valence-electron chi connectivity index (χ3n) is 7.32. The maximum atomic E-state index is 14.0. The summed E-state index contributed by atoms with van der Waals surface area (Å²) < 4.78 is 26.8. The second-order valence-electron chi connectivity index (χ2n) is 10.6. The average Bonchev–Trinajstić information content (AvgIpc) is 2.95. The SMILES string of the molecule is CC[C@H](C)NC(=O)[C@H](Cc1ccccc1)N(Cc1c(Cl)cccc1Cl)C(=O)CCCN(c1cccc(Cl)c1C)S(C)(=O)=O. The van der Waals surface area contributed by atoms with E-state index in [1.54, 1.807) is 43.3 Å². The number of halogens is 3. The van der Waals surface area contributed by atoms with Crippen LogP contribution in [0.1, 0.15) is 49.8 Å². The summed E-state index contributed by atoms with van der Waals surface area (Å²) in [6, 6.07) is 18.7. The van der Waals surface area contributed by atoms with Gasteiger partial charge in [0.05, 0.1) is 11.9 Å². The smallest absolute Gasteiger partial charge is 0.243 e. The largest absolute Gasteiger partial charge is 0.352 e. The molecule has 7 nitrogen and oxygen atoms in total. The van der Waals surface area contributed by atoms with Crippen LogP contribution in [0.3, 0.4) is 0 Å². The lowest BCUT2D eigenvalue weighted by atomic mass is 10.0. The van der Waals surface area contributed by atoms with Gasteiger partial charge < -0.3 is 10.2 Å². The molecule has 11 heteroatoms. The number of rotatable bonds is 14. The standard InChI is InChI=1S/C32H38Cl3N3O4S/c1-5-22(2)36-32(40)30(20-24-12-7-6-8-13-24)37(21-25-27(34)15-9-16-28(25)35)31(39)18-11-19-38(43(4,41)42)29-17-10-14-26(33)23(29)3/h6-10,12-17,22,30H,5,11,18-21H2,1-4H3,(H,36,40)/t22-,30-/m0/s1. The minimum atomic E-state index is -3.67. The van der Waals surface area contributed by atoms with Crippen molar-refractivity contribution in [3.8, 4) is 0 Å². The number of hydrogen-bond donors (Lipinski definition) is 1. The van der Waals surface area contributed by atoms with Crippen molar-refractivity contribution in [3.05, 3.63) is 98.5 Å². The highest BCUT2D eigenvalue weighted by Gasteiger charge is 2.32. The van der Waals surface area contributed by atoms with Crippen LogP contribution in [0.15, 0.2) is 66.7 Å². The first kappa shape index (κ1) is 34.7. The molecule has 0 unspecified atom stereocenters. The molecule has 2 atom stereocenters. The van der Waals surface area contributed by atoms with E-state index < -0.39 is 16.1 Å².